The van der Waals surface area contributed by atoms with Gasteiger partial charge in [-0.3, -0.25) is 4.79 Å². The fraction of sp³-hybridized carbons (Fsp3) is 0.700. The number of carbonyl (C=O) groups excluding carboxylic acids is 1. The van der Waals surface area contributed by atoms with Gasteiger partial charge in [0.2, 0.25) is 5.91 Å². The third-order valence-electron chi connectivity index (χ3n) is 5.13. The van der Waals surface area contributed by atoms with E-state index in [4.69, 9.17) is 9.51 Å². The van der Waals surface area contributed by atoms with Gasteiger partial charge in [0.1, 0.15) is 17.0 Å². The van der Waals surface area contributed by atoms with Crippen molar-refractivity contribution in [1.82, 2.24) is 20.4 Å². The summed E-state index contributed by atoms with van der Waals surface area (Å²) in [6, 6.07) is 0. The zero-order valence-corrected chi connectivity index (χ0v) is 16.9. The van der Waals surface area contributed by atoms with E-state index in [1.807, 2.05) is 6.92 Å². The summed E-state index contributed by atoms with van der Waals surface area (Å²) in [5, 5.41) is 7.93. The van der Waals surface area contributed by atoms with Gasteiger partial charge in [-0.05, 0) is 31.6 Å². The molecule has 0 spiro atoms. The number of nitrogens with zero attached hydrogens (tertiary/aromatic N) is 4. The summed E-state index contributed by atoms with van der Waals surface area (Å²) in [4.78, 5) is 23.7. The number of hydrogen-bond donors (Lipinski definition) is 1. The van der Waals surface area contributed by atoms with Crippen LogP contribution in [0.4, 0.5) is 5.82 Å². The molecule has 7 nitrogen and oxygen atoms in total. The highest BCUT2D eigenvalue weighted by atomic mass is 16.5. The molecule has 1 saturated heterocycles. The maximum Gasteiger partial charge on any atom is 0.263 e. The molecule has 0 unspecified atom stereocenters. The van der Waals surface area contributed by atoms with E-state index >= 15 is 0 Å². The van der Waals surface area contributed by atoms with Gasteiger partial charge in [-0.2, -0.15) is 4.98 Å². The maximum atomic E-state index is 12.0. The molecule has 2 aromatic rings. The minimum atomic E-state index is 0.0441. The van der Waals surface area contributed by atoms with Crippen LogP contribution in [0.3, 0.4) is 0 Å². The molecular formula is C20H31N5O2. The summed E-state index contributed by atoms with van der Waals surface area (Å²) in [6.45, 7) is 11.3. The van der Waals surface area contributed by atoms with Crippen molar-refractivity contribution >= 4 is 22.8 Å². The molecule has 148 valence electrons. The molecule has 2 aromatic heterocycles. The van der Waals surface area contributed by atoms with E-state index in [1.54, 1.807) is 0 Å². The van der Waals surface area contributed by atoms with Gasteiger partial charge in [0.15, 0.2) is 0 Å². The molecule has 0 aromatic carbocycles. The Kier molecular flexibility index (Phi) is 6.29. The summed E-state index contributed by atoms with van der Waals surface area (Å²) < 4.78 is 5.43. The predicted molar refractivity (Wildman–Crippen MR) is 106 cm³/mol. The molecule has 3 heterocycles. The number of carbonyl (C=O) groups is 1. The number of aryl methyl sites for hydroxylation is 2. The van der Waals surface area contributed by atoms with E-state index in [1.165, 1.54) is 6.42 Å². The van der Waals surface area contributed by atoms with Crippen molar-refractivity contribution in [2.24, 2.45) is 11.8 Å². The van der Waals surface area contributed by atoms with Gasteiger partial charge < -0.3 is 14.7 Å². The normalized spacial score (nSPS) is 20.2. The molecule has 1 aliphatic rings. The van der Waals surface area contributed by atoms with Crippen LogP contribution >= 0.6 is 0 Å². The highest BCUT2D eigenvalue weighted by molar-refractivity contribution is 5.88. The Morgan fingerprint density at radius 1 is 1.26 bits per heavy atom. The number of unbranched alkanes of at least 4 members (excludes halogenated alkanes) is 1. The number of rotatable bonds is 7. The second kappa shape index (κ2) is 8.67. The van der Waals surface area contributed by atoms with E-state index < -0.39 is 0 Å². The Morgan fingerprint density at radius 2 is 2.00 bits per heavy atom. The molecule has 0 radical (unpaired) electrons. The molecule has 3 rings (SSSR count). The highest BCUT2D eigenvalue weighted by Gasteiger charge is 2.27. The average Bonchev–Trinajstić information content (AvgIpc) is 3.00. The van der Waals surface area contributed by atoms with Crippen LogP contribution in [0.15, 0.2) is 4.52 Å². The molecular weight excluding hydrogens is 342 g/mol. The number of fused-ring (bicyclic) bond motifs is 1. The first-order valence-electron chi connectivity index (χ1n) is 10.1. The van der Waals surface area contributed by atoms with Gasteiger partial charge in [0.25, 0.3) is 5.71 Å². The van der Waals surface area contributed by atoms with E-state index in [2.05, 4.69) is 41.1 Å². The Labute approximate surface area is 160 Å². The largest absolute Gasteiger partial charge is 0.356 e. The molecule has 0 bridgehead atoms. The minimum absolute atomic E-state index is 0.0441. The van der Waals surface area contributed by atoms with Crippen molar-refractivity contribution in [2.75, 3.05) is 24.5 Å². The molecule has 1 amide bonds. The first kappa shape index (κ1) is 19.6. The second-order valence-electron chi connectivity index (χ2n) is 7.97. The van der Waals surface area contributed by atoms with Crippen LogP contribution in [0.5, 0.6) is 0 Å². The lowest BCUT2D eigenvalue weighted by atomic mass is 9.92. The molecule has 7 heteroatoms. The quantitative estimate of drug-likeness (QED) is 0.750. The predicted octanol–water partition coefficient (Wildman–Crippen LogP) is 3.26. The topological polar surface area (TPSA) is 84.2 Å². The van der Waals surface area contributed by atoms with E-state index in [9.17, 15) is 4.79 Å². The number of anilines is 1. The third-order valence-corrected chi connectivity index (χ3v) is 5.13. The zero-order valence-electron chi connectivity index (χ0n) is 16.9. The number of piperidine rings is 1. The van der Waals surface area contributed by atoms with Crippen molar-refractivity contribution < 1.29 is 9.32 Å². The summed E-state index contributed by atoms with van der Waals surface area (Å²) in [5.74, 6) is 2.82. The van der Waals surface area contributed by atoms with E-state index in [-0.39, 0.29) is 5.91 Å². The van der Waals surface area contributed by atoms with E-state index in [0.29, 0.717) is 36.2 Å². The lowest BCUT2D eigenvalue weighted by Crippen LogP contribution is -2.39. The first-order chi connectivity index (χ1) is 13.0. The second-order valence-corrected chi connectivity index (χ2v) is 7.97. The van der Waals surface area contributed by atoms with Gasteiger partial charge in [-0.15, -0.1) is 0 Å². The zero-order chi connectivity index (χ0) is 19.4. The molecule has 0 saturated carbocycles. The lowest BCUT2D eigenvalue weighted by molar-refractivity contribution is -0.121. The van der Waals surface area contributed by atoms with Crippen molar-refractivity contribution in [3.8, 4) is 0 Å². The minimum Gasteiger partial charge on any atom is -0.356 e. The van der Waals surface area contributed by atoms with Crippen LogP contribution in [0.25, 0.3) is 11.1 Å². The summed E-state index contributed by atoms with van der Waals surface area (Å²) in [5.41, 5.74) is 1.33. The molecule has 1 aliphatic heterocycles. The van der Waals surface area contributed by atoms with Crippen molar-refractivity contribution in [1.29, 1.82) is 0 Å². The van der Waals surface area contributed by atoms with Crippen molar-refractivity contribution in [3.63, 3.8) is 0 Å². The van der Waals surface area contributed by atoms with Gasteiger partial charge in [-0.25, -0.2) is 4.98 Å². The molecule has 2 atom stereocenters. The molecule has 27 heavy (non-hydrogen) atoms. The number of hydrogen-bond acceptors (Lipinski definition) is 6. The summed E-state index contributed by atoms with van der Waals surface area (Å²) in [7, 11) is 0. The summed E-state index contributed by atoms with van der Waals surface area (Å²) in [6.07, 6.45) is 4.19. The van der Waals surface area contributed by atoms with Crippen LogP contribution in [0.1, 0.15) is 58.0 Å². The Bertz CT molecular complexity index is 778. The van der Waals surface area contributed by atoms with Crippen LogP contribution < -0.4 is 10.2 Å². The van der Waals surface area contributed by atoms with Crippen LogP contribution in [-0.4, -0.2) is 40.7 Å². The van der Waals surface area contributed by atoms with Crippen molar-refractivity contribution in [3.05, 3.63) is 11.5 Å². The van der Waals surface area contributed by atoms with Gasteiger partial charge in [-0.1, -0.05) is 32.3 Å². The van der Waals surface area contributed by atoms with Crippen LogP contribution in [0, 0.1) is 18.8 Å². The SMILES string of the molecule is CCCCNC(=O)CCc1nc(N2C[C@@H](C)C[C@H](C)C2)c2c(C)noc2n1. The summed E-state index contributed by atoms with van der Waals surface area (Å²) >= 11 is 0. The van der Waals surface area contributed by atoms with Gasteiger partial charge in [0.05, 0.1) is 5.69 Å². The first-order valence-corrected chi connectivity index (χ1v) is 10.1. The Balaban J connectivity index is 1.80. The van der Waals surface area contributed by atoms with Gasteiger partial charge >= 0.3 is 0 Å². The Hall–Kier alpha value is -2.18. The third kappa shape index (κ3) is 4.76. The van der Waals surface area contributed by atoms with Crippen LogP contribution in [-0.2, 0) is 11.2 Å². The fourth-order valence-corrected chi connectivity index (χ4v) is 3.91. The standard InChI is InChI=1S/C20H31N5O2/c1-5-6-9-21-17(26)8-7-16-22-19(18-15(4)24-27-20(18)23-16)25-11-13(2)10-14(3)12-25/h13-14H,5-12H2,1-4H3,(H,21,26)/t13-,14-/m0/s1. The maximum absolute atomic E-state index is 12.0. The van der Waals surface area contributed by atoms with Crippen LogP contribution in [0.2, 0.25) is 0 Å². The molecule has 1 N–H and O–H groups in total. The highest BCUT2D eigenvalue weighted by Crippen LogP contribution is 2.31. The average molecular weight is 374 g/mol. The monoisotopic (exact) mass is 373 g/mol. The fourth-order valence-electron chi connectivity index (χ4n) is 3.91. The number of amides is 1. The molecule has 1 fully saturated rings. The smallest absolute Gasteiger partial charge is 0.263 e. The van der Waals surface area contributed by atoms with E-state index in [0.717, 1.165) is 49.4 Å². The number of aromatic nitrogens is 3. The van der Waals surface area contributed by atoms with Crippen molar-refractivity contribution in [2.45, 2.75) is 59.8 Å². The van der Waals surface area contributed by atoms with Gasteiger partial charge in [0, 0.05) is 32.5 Å². The lowest BCUT2D eigenvalue weighted by Gasteiger charge is -2.36. The molecule has 0 aliphatic carbocycles. The Morgan fingerprint density at radius 3 is 2.70 bits per heavy atom. The number of nitrogens with one attached hydrogen (secondary N) is 1.